The van der Waals surface area contributed by atoms with E-state index >= 15 is 0 Å². The quantitative estimate of drug-likeness (QED) is 0.798. The molecule has 1 unspecified atom stereocenters. The molecule has 0 amide bonds. The van der Waals surface area contributed by atoms with E-state index in [1.54, 1.807) is 6.42 Å². The maximum absolute atomic E-state index is 6.37. The van der Waals surface area contributed by atoms with Crippen molar-refractivity contribution in [3.8, 4) is 0 Å². The fraction of sp³-hybridized carbons (Fsp3) is 0.933. The van der Waals surface area contributed by atoms with Crippen LogP contribution in [0.2, 0.25) is 0 Å². The molecular formula is C15H25N3. The van der Waals surface area contributed by atoms with Crippen LogP contribution >= 0.6 is 0 Å². The van der Waals surface area contributed by atoms with Gasteiger partial charge in [0, 0.05) is 6.54 Å². The topological polar surface area (TPSA) is 50.4 Å². The second kappa shape index (κ2) is 4.22. The van der Waals surface area contributed by atoms with Gasteiger partial charge in [0.15, 0.2) is 0 Å². The first kappa shape index (κ1) is 11.3. The van der Waals surface area contributed by atoms with E-state index in [2.05, 4.69) is 10.3 Å². The van der Waals surface area contributed by atoms with Crippen molar-refractivity contribution in [1.82, 2.24) is 5.32 Å². The molecule has 1 atom stereocenters. The van der Waals surface area contributed by atoms with E-state index in [1.807, 2.05) is 0 Å². The standard InChI is InChI=1S/C15H25N3/c16-14(15-17-1-2-18-15)8-13-11-4-9-3-10(6-11)7-12(13)5-9/h9-14H,1-8,16H2,(H,17,18). The van der Waals surface area contributed by atoms with Crippen LogP contribution in [0.25, 0.3) is 0 Å². The number of hydrogen-bond acceptors (Lipinski definition) is 3. The lowest BCUT2D eigenvalue weighted by molar-refractivity contribution is -0.0401. The van der Waals surface area contributed by atoms with Gasteiger partial charge in [-0.1, -0.05) is 0 Å². The van der Waals surface area contributed by atoms with Gasteiger partial charge in [0.05, 0.1) is 12.6 Å². The molecule has 4 bridgehead atoms. The van der Waals surface area contributed by atoms with Crippen LogP contribution in [0.3, 0.4) is 0 Å². The Balaban J connectivity index is 1.45. The maximum Gasteiger partial charge on any atom is 0.113 e. The van der Waals surface area contributed by atoms with E-state index in [0.29, 0.717) is 0 Å². The van der Waals surface area contributed by atoms with Crippen molar-refractivity contribution < 1.29 is 0 Å². The molecule has 18 heavy (non-hydrogen) atoms. The van der Waals surface area contributed by atoms with E-state index in [4.69, 9.17) is 5.73 Å². The zero-order valence-electron chi connectivity index (χ0n) is 11.1. The second-order valence-electron chi connectivity index (χ2n) is 7.13. The second-order valence-corrected chi connectivity index (χ2v) is 7.13. The summed E-state index contributed by atoms with van der Waals surface area (Å²) < 4.78 is 0. The molecule has 5 aliphatic rings. The minimum Gasteiger partial charge on any atom is -0.371 e. The molecule has 3 N–H and O–H groups in total. The average Bonchev–Trinajstić information content (AvgIpc) is 2.86. The van der Waals surface area contributed by atoms with Crippen LogP contribution in [0.15, 0.2) is 4.99 Å². The molecule has 4 saturated carbocycles. The SMILES string of the molecule is NC(CC1C2CC3CC(C2)CC1C3)C1=NCCN1. The summed E-state index contributed by atoms with van der Waals surface area (Å²) in [5, 5.41) is 3.35. The minimum absolute atomic E-state index is 0.176. The summed E-state index contributed by atoms with van der Waals surface area (Å²) in [5.74, 6) is 6.12. The number of nitrogens with two attached hydrogens (primary N) is 1. The van der Waals surface area contributed by atoms with Gasteiger partial charge in [0.25, 0.3) is 0 Å². The molecule has 3 heteroatoms. The molecule has 3 nitrogen and oxygen atoms in total. The minimum atomic E-state index is 0.176. The van der Waals surface area contributed by atoms with Crippen molar-refractivity contribution in [2.75, 3.05) is 13.1 Å². The largest absolute Gasteiger partial charge is 0.371 e. The van der Waals surface area contributed by atoms with Gasteiger partial charge < -0.3 is 11.1 Å². The summed E-state index contributed by atoms with van der Waals surface area (Å²) in [4.78, 5) is 4.50. The molecule has 0 aromatic rings. The Morgan fingerprint density at radius 2 is 1.78 bits per heavy atom. The first-order valence-electron chi connectivity index (χ1n) is 7.83. The van der Waals surface area contributed by atoms with E-state index < -0.39 is 0 Å². The Kier molecular flexibility index (Phi) is 2.65. The number of rotatable bonds is 3. The molecule has 0 radical (unpaired) electrons. The molecule has 4 aliphatic carbocycles. The van der Waals surface area contributed by atoms with Gasteiger partial charge in [-0.25, -0.2) is 0 Å². The van der Waals surface area contributed by atoms with Crippen LogP contribution in [-0.4, -0.2) is 25.0 Å². The Hall–Kier alpha value is -0.570. The lowest BCUT2D eigenvalue weighted by Crippen LogP contribution is -2.49. The van der Waals surface area contributed by atoms with Crippen LogP contribution in [0, 0.1) is 29.6 Å². The first-order chi connectivity index (χ1) is 8.79. The summed E-state index contributed by atoms with van der Waals surface area (Å²) in [7, 11) is 0. The van der Waals surface area contributed by atoms with Gasteiger partial charge in [-0.2, -0.15) is 0 Å². The lowest BCUT2D eigenvalue weighted by Gasteiger charge is -2.55. The first-order valence-corrected chi connectivity index (χ1v) is 7.83. The van der Waals surface area contributed by atoms with Gasteiger partial charge in [0.2, 0.25) is 0 Å². The molecular weight excluding hydrogens is 222 g/mol. The van der Waals surface area contributed by atoms with Gasteiger partial charge in [-0.15, -0.1) is 0 Å². The lowest BCUT2D eigenvalue weighted by atomic mass is 9.51. The van der Waals surface area contributed by atoms with Crippen LogP contribution in [0.5, 0.6) is 0 Å². The predicted octanol–water partition coefficient (Wildman–Crippen LogP) is 1.78. The van der Waals surface area contributed by atoms with Crippen molar-refractivity contribution in [2.24, 2.45) is 40.3 Å². The third kappa shape index (κ3) is 1.78. The fourth-order valence-corrected chi connectivity index (χ4v) is 5.49. The van der Waals surface area contributed by atoms with Crippen molar-refractivity contribution in [1.29, 1.82) is 0 Å². The highest BCUT2D eigenvalue weighted by Gasteiger charge is 2.48. The summed E-state index contributed by atoms with van der Waals surface area (Å²) in [6, 6.07) is 0.176. The van der Waals surface area contributed by atoms with Crippen molar-refractivity contribution in [2.45, 2.75) is 44.6 Å². The molecule has 0 aromatic heterocycles. The molecule has 4 fully saturated rings. The number of aliphatic imine (C=N–C) groups is 1. The summed E-state index contributed by atoms with van der Waals surface area (Å²) in [6.07, 6.45) is 8.74. The highest BCUT2D eigenvalue weighted by Crippen LogP contribution is 2.57. The smallest absolute Gasteiger partial charge is 0.113 e. The van der Waals surface area contributed by atoms with Gasteiger partial charge in [-0.05, 0) is 68.1 Å². The van der Waals surface area contributed by atoms with Crippen molar-refractivity contribution >= 4 is 5.84 Å². The predicted molar refractivity (Wildman–Crippen MR) is 73.4 cm³/mol. The monoisotopic (exact) mass is 247 g/mol. The molecule has 100 valence electrons. The van der Waals surface area contributed by atoms with Gasteiger partial charge >= 0.3 is 0 Å². The fourth-order valence-electron chi connectivity index (χ4n) is 5.49. The maximum atomic E-state index is 6.37. The third-order valence-electron chi connectivity index (χ3n) is 6.00. The molecule has 5 rings (SSSR count). The van der Waals surface area contributed by atoms with E-state index in [1.165, 1.54) is 32.1 Å². The highest BCUT2D eigenvalue weighted by atomic mass is 15.1. The summed E-state index contributed by atoms with van der Waals surface area (Å²) >= 11 is 0. The summed E-state index contributed by atoms with van der Waals surface area (Å²) in [5.41, 5.74) is 6.37. The Morgan fingerprint density at radius 3 is 2.33 bits per heavy atom. The number of nitrogens with one attached hydrogen (secondary N) is 1. The zero-order chi connectivity index (χ0) is 12.1. The number of amidine groups is 1. The molecule has 0 aromatic carbocycles. The Morgan fingerprint density at radius 1 is 1.11 bits per heavy atom. The number of nitrogens with zero attached hydrogens (tertiary/aromatic N) is 1. The Bertz CT molecular complexity index is 335. The number of hydrogen-bond donors (Lipinski definition) is 2. The molecule has 0 saturated heterocycles. The zero-order valence-corrected chi connectivity index (χ0v) is 11.1. The van der Waals surface area contributed by atoms with Crippen molar-refractivity contribution in [3.05, 3.63) is 0 Å². The van der Waals surface area contributed by atoms with Crippen LogP contribution in [0.1, 0.15) is 38.5 Å². The van der Waals surface area contributed by atoms with Crippen LogP contribution < -0.4 is 11.1 Å². The van der Waals surface area contributed by atoms with Gasteiger partial charge in [-0.3, -0.25) is 4.99 Å². The molecule has 0 spiro atoms. The normalized spacial score (nSPS) is 46.9. The molecule has 1 aliphatic heterocycles. The summed E-state index contributed by atoms with van der Waals surface area (Å²) in [6.45, 7) is 1.91. The van der Waals surface area contributed by atoms with E-state index in [9.17, 15) is 0 Å². The Labute approximate surface area is 110 Å². The van der Waals surface area contributed by atoms with Crippen LogP contribution in [-0.2, 0) is 0 Å². The van der Waals surface area contributed by atoms with E-state index in [-0.39, 0.29) is 6.04 Å². The van der Waals surface area contributed by atoms with Crippen LogP contribution in [0.4, 0.5) is 0 Å². The van der Waals surface area contributed by atoms with Gasteiger partial charge in [0.1, 0.15) is 5.84 Å². The van der Waals surface area contributed by atoms with Crippen molar-refractivity contribution in [3.63, 3.8) is 0 Å². The third-order valence-corrected chi connectivity index (χ3v) is 6.00. The molecule has 1 heterocycles. The highest BCUT2D eigenvalue weighted by molar-refractivity contribution is 5.88. The van der Waals surface area contributed by atoms with E-state index in [0.717, 1.165) is 48.5 Å². The average molecular weight is 247 g/mol.